The second-order valence-corrected chi connectivity index (χ2v) is 5.16. The number of aldehydes is 1. The summed E-state index contributed by atoms with van der Waals surface area (Å²) in [5, 5.41) is 0. The van der Waals surface area contributed by atoms with Gasteiger partial charge < -0.3 is 4.79 Å². The lowest BCUT2D eigenvalue weighted by Crippen LogP contribution is -2.01. The predicted octanol–water partition coefficient (Wildman–Crippen LogP) is 2.89. The fourth-order valence-corrected chi connectivity index (χ4v) is 3.43. The van der Waals surface area contributed by atoms with E-state index in [9.17, 15) is 4.79 Å². The molecule has 2 rings (SSSR count). The number of carbonyl (C=O) groups is 1. The third kappa shape index (κ3) is 1.53. The Morgan fingerprint density at radius 2 is 1.85 bits per heavy atom. The minimum absolute atomic E-state index is 0.420. The predicted molar refractivity (Wildman–Crippen MR) is 53.3 cm³/mol. The monoisotopic (exact) mass is 180 g/mol. The first-order valence-electron chi connectivity index (χ1n) is 5.71. The molecule has 1 heteroatoms. The van der Waals surface area contributed by atoms with Crippen molar-refractivity contribution in [1.82, 2.24) is 0 Å². The summed E-state index contributed by atoms with van der Waals surface area (Å²) in [5.74, 6) is 3.51. The van der Waals surface area contributed by atoms with Crippen LogP contribution >= 0.6 is 0 Å². The fraction of sp³-hybridized carbons (Fsp3) is 0.917. The first-order valence-corrected chi connectivity index (χ1v) is 5.71. The molecule has 2 aliphatic carbocycles. The molecule has 74 valence electrons. The van der Waals surface area contributed by atoms with Gasteiger partial charge in [-0.25, -0.2) is 0 Å². The van der Waals surface area contributed by atoms with Crippen molar-refractivity contribution in [2.75, 3.05) is 0 Å². The quantitative estimate of drug-likeness (QED) is 0.610. The molecule has 0 aromatic heterocycles. The average Bonchev–Trinajstić information content (AvgIpc) is 2.60. The van der Waals surface area contributed by atoms with Crippen LogP contribution in [0.1, 0.15) is 39.5 Å². The van der Waals surface area contributed by atoms with E-state index in [-0.39, 0.29) is 0 Å². The Kier molecular flexibility index (Phi) is 2.44. The minimum atomic E-state index is 0.420. The maximum atomic E-state index is 10.8. The van der Waals surface area contributed by atoms with E-state index in [1.807, 2.05) is 0 Å². The van der Waals surface area contributed by atoms with Crippen LogP contribution in [-0.2, 0) is 4.79 Å². The normalized spacial score (nSPS) is 39.8. The zero-order chi connectivity index (χ0) is 9.42. The Bertz CT molecular complexity index is 191. The summed E-state index contributed by atoms with van der Waals surface area (Å²) in [7, 11) is 0. The number of hydrogen-bond donors (Lipinski definition) is 0. The Hall–Kier alpha value is -0.330. The summed E-state index contributed by atoms with van der Waals surface area (Å²) in [6.45, 7) is 4.52. The molecule has 1 nitrogen and oxygen atoms in total. The van der Waals surface area contributed by atoms with E-state index in [4.69, 9.17) is 0 Å². The van der Waals surface area contributed by atoms with Crippen molar-refractivity contribution < 1.29 is 4.79 Å². The third-order valence-electron chi connectivity index (χ3n) is 4.06. The number of rotatable bonds is 3. The molecule has 0 aromatic carbocycles. The average molecular weight is 180 g/mol. The van der Waals surface area contributed by atoms with E-state index >= 15 is 0 Å². The van der Waals surface area contributed by atoms with E-state index in [1.54, 1.807) is 0 Å². The highest BCUT2D eigenvalue weighted by atomic mass is 16.1. The summed E-state index contributed by atoms with van der Waals surface area (Å²) < 4.78 is 0. The van der Waals surface area contributed by atoms with Gasteiger partial charge in [0.15, 0.2) is 0 Å². The summed E-state index contributed by atoms with van der Waals surface area (Å²) in [6, 6.07) is 0. The van der Waals surface area contributed by atoms with Crippen LogP contribution in [-0.4, -0.2) is 6.29 Å². The summed E-state index contributed by atoms with van der Waals surface area (Å²) in [4.78, 5) is 10.8. The second-order valence-electron chi connectivity index (χ2n) is 5.16. The molecule has 0 spiro atoms. The highest BCUT2D eigenvalue weighted by molar-refractivity contribution is 5.59. The zero-order valence-corrected chi connectivity index (χ0v) is 8.70. The van der Waals surface area contributed by atoms with Crippen molar-refractivity contribution >= 4 is 6.29 Å². The first kappa shape index (κ1) is 9.23. The Balaban J connectivity index is 1.96. The Labute approximate surface area is 80.9 Å². The van der Waals surface area contributed by atoms with Gasteiger partial charge in [0.2, 0.25) is 0 Å². The Morgan fingerprint density at radius 3 is 2.23 bits per heavy atom. The van der Waals surface area contributed by atoms with Gasteiger partial charge in [0.25, 0.3) is 0 Å². The van der Waals surface area contributed by atoms with Crippen molar-refractivity contribution in [1.29, 1.82) is 0 Å². The van der Waals surface area contributed by atoms with E-state index in [0.717, 1.165) is 17.8 Å². The molecular formula is C12H20O. The largest absolute Gasteiger partial charge is 0.303 e. The number of carbonyl (C=O) groups excluding carboxylic acids is 1. The smallest absolute Gasteiger partial charge is 0.123 e. The zero-order valence-electron chi connectivity index (χ0n) is 8.70. The molecule has 0 heterocycles. The van der Waals surface area contributed by atoms with E-state index in [2.05, 4.69) is 13.8 Å². The summed E-state index contributed by atoms with van der Waals surface area (Å²) >= 11 is 0. The maximum Gasteiger partial charge on any atom is 0.123 e. The van der Waals surface area contributed by atoms with Crippen molar-refractivity contribution in [3.63, 3.8) is 0 Å². The van der Waals surface area contributed by atoms with Gasteiger partial charge in [0.1, 0.15) is 6.29 Å². The first-order chi connectivity index (χ1) is 6.25. The Morgan fingerprint density at radius 1 is 1.23 bits per heavy atom. The van der Waals surface area contributed by atoms with Gasteiger partial charge in [-0.1, -0.05) is 39.5 Å². The van der Waals surface area contributed by atoms with Crippen molar-refractivity contribution in [2.45, 2.75) is 39.5 Å². The van der Waals surface area contributed by atoms with Gasteiger partial charge in [-0.05, 0) is 23.7 Å². The van der Waals surface area contributed by atoms with Gasteiger partial charge in [-0.3, -0.25) is 0 Å². The van der Waals surface area contributed by atoms with E-state index in [1.165, 1.54) is 32.0 Å². The lowest BCUT2D eigenvalue weighted by molar-refractivity contribution is -0.109. The van der Waals surface area contributed by atoms with Gasteiger partial charge in [-0.2, -0.15) is 0 Å². The summed E-state index contributed by atoms with van der Waals surface area (Å²) in [5.41, 5.74) is 0. The van der Waals surface area contributed by atoms with Crippen LogP contribution in [0.4, 0.5) is 0 Å². The van der Waals surface area contributed by atoms with Crippen LogP contribution in [0.25, 0.3) is 0 Å². The van der Waals surface area contributed by atoms with Crippen LogP contribution in [0.3, 0.4) is 0 Å². The van der Waals surface area contributed by atoms with Crippen LogP contribution in [0, 0.1) is 29.6 Å². The lowest BCUT2D eigenvalue weighted by Gasteiger charge is -2.08. The molecule has 0 bridgehead atoms. The second kappa shape index (κ2) is 3.43. The van der Waals surface area contributed by atoms with Crippen LogP contribution < -0.4 is 0 Å². The molecule has 0 aliphatic heterocycles. The van der Waals surface area contributed by atoms with Crippen molar-refractivity contribution in [3.8, 4) is 0 Å². The molecule has 2 saturated carbocycles. The van der Waals surface area contributed by atoms with Gasteiger partial charge in [-0.15, -0.1) is 0 Å². The molecule has 0 amide bonds. The molecule has 0 unspecified atom stereocenters. The van der Waals surface area contributed by atoms with Crippen LogP contribution in [0.2, 0.25) is 0 Å². The number of hydrogen-bond acceptors (Lipinski definition) is 1. The summed E-state index contributed by atoms with van der Waals surface area (Å²) in [6.07, 6.45) is 6.79. The third-order valence-corrected chi connectivity index (χ3v) is 4.06. The molecule has 0 aromatic rings. The molecule has 2 aliphatic rings. The molecule has 13 heavy (non-hydrogen) atoms. The van der Waals surface area contributed by atoms with E-state index < -0.39 is 0 Å². The lowest BCUT2D eigenvalue weighted by atomic mass is 9.97. The van der Waals surface area contributed by atoms with E-state index in [0.29, 0.717) is 11.8 Å². The van der Waals surface area contributed by atoms with Crippen molar-refractivity contribution in [2.24, 2.45) is 29.6 Å². The minimum Gasteiger partial charge on any atom is -0.303 e. The highest BCUT2D eigenvalue weighted by Crippen LogP contribution is 2.57. The molecule has 0 saturated heterocycles. The van der Waals surface area contributed by atoms with Gasteiger partial charge >= 0.3 is 0 Å². The standard InChI is InChI=1S/C12H20O/c1-8(2)11-10(7-13)12(11)9-5-3-4-6-9/h7-12H,3-6H2,1-2H3/t10-,11+,12-/m0/s1. The maximum absolute atomic E-state index is 10.8. The highest BCUT2D eigenvalue weighted by Gasteiger charge is 2.54. The van der Waals surface area contributed by atoms with Crippen molar-refractivity contribution in [3.05, 3.63) is 0 Å². The molecule has 2 fully saturated rings. The topological polar surface area (TPSA) is 17.1 Å². The SMILES string of the molecule is CC(C)[C@@H]1[C@H](C=O)[C@@H]1C1CCCC1. The van der Waals surface area contributed by atoms with Crippen LogP contribution in [0.15, 0.2) is 0 Å². The van der Waals surface area contributed by atoms with Gasteiger partial charge in [0, 0.05) is 5.92 Å². The molecule has 0 N–H and O–H groups in total. The fourth-order valence-electron chi connectivity index (χ4n) is 3.43. The van der Waals surface area contributed by atoms with Crippen LogP contribution in [0.5, 0.6) is 0 Å². The molecule has 0 radical (unpaired) electrons. The van der Waals surface area contributed by atoms with Gasteiger partial charge in [0.05, 0.1) is 0 Å². The molecule has 3 atom stereocenters. The molecular weight excluding hydrogens is 160 g/mol.